The molecule has 1 aromatic heterocycles. The van der Waals surface area contributed by atoms with Crippen molar-refractivity contribution < 1.29 is 40.6 Å². The van der Waals surface area contributed by atoms with Crippen molar-refractivity contribution in [2.24, 2.45) is 10.2 Å². The predicted octanol–water partition coefficient (Wildman–Crippen LogP) is 6.92. The van der Waals surface area contributed by atoms with Gasteiger partial charge in [-0.15, -0.1) is 26.3 Å². The van der Waals surface area contributed by atoms with Gasteiger partial charge < -0.3 is 19.5 Å². The van der Waals surface area contributed by atoms with Crippen molar-refractivity contribution in [2.75, 3.05) is 23.3 Å². The first-order valence-corrected chi connectivity index (χ1v) is 12.0. The first kappa shape index (κ1) is 30.4. The molecule has 0 aliphatic heterocycles. The smallest absolute Gasteiger partial charge is 0.495 e. The van der Waals surface area contributed by atoms with Crippen LogP contribution >= 0.6 is 0 Å². The van der Waals surface area contributed by atoms with Gasteiger partial charge in [0.25, 0.3) is 0 Å². The predicted molar refractivity (Wildman–Crippen MR) is 147 cm³/mol. The molecular formula is C27H21F6N7O3. The Morgan fingerprint density at radius 2 is 1.19 bits per heavy atom. The van der Waals surface area contributed by atoms with E-state index in [0.717, 1.165) is 24.3 Å². The van der Waals surface area contributed by atoms with Gasteiger partial charge in [-0.1, -0.05) is 12.1 Å². The van der Waals surface area contributed by atoms with Crippen molar-refractivity contribution in [3.8, 4) is 17.2 Å². The Morgan fingerprint density at radius 1 is 0.674 bits per heavy atom. The Bertz CT molecular complexity index is 1470. The number of nitrogens with zero attached hydrogens (tertiary/aromatic N) is 4. The van der Waals surface area contributed by atoms with Crippen molar-refractivity contribution in [2.45, 2.75) is 12.7 Å². The van der Waals surface area contributed by atoms with Crippen molar-refractivity contribution >= 4 is 35.7 Å². The molecule has 0 unspecified atom stereocenters. The first-order chi connectivity index (χ1) is 20.5. The van der Waals surface area contributed by atoms with Gasteiger partial charge in [0, 0.05) is 6.07 Å². The molecule has 0 bridgehead atoms. The lowest BCUT2D eigenvalue weighted by atomic mass is 10.2. The molecule has 0 aliphatic carbocycles. The van der Waals surface area contributed by atoms with Crippen LogP contribution in [0.4, 0.5) is 49.6 Å². The van der Waals surface area contributed by atoms with Crippen LogP contribution in [0.15, 0.2) is 89.1 Å². The molecule has 0 amide bonds. The molecule has 0 fully saturated rings. The fraction of sp³-hybridized carbons (Fsp3) is 0.111. The van der Waals surface area contributed by atoms with E-state index in [9.17, 15) is 26.3 Å². The van der Waals surface area contributed by atoms with Crippen LogP contribution in [-0.2, 0) is 0 Å². The van der Waals surface area contributed by atoms with E-state index in [-0.39, 0.29) is 23.3 Å². The Morgan fingerprint density at radius 3 is 1.72 bits per heavy atom. The summed E-state index contributed by atoms with van der Waals surface area (Å²) in [6.07, 6.45) is -6.92. The van der Waals surface area contributed by atoms with Crippen molar-refractivity contribution in [3.05, 3.63) is 90.0 Å². The van der Waals surface area contributed by atoms with Gasteiger partial charge >= 0.3 is 12.7 Å². The highest BCUT2D eigenvalue weighted by Crippen LogP contribution is 2.28. The van der Waals surface area contributed by atoms with Gasteiger partial charge in [0.15, 0.2) is 5.82 Å². The number of aromatic nitrogens is 2. The number of hydrogen-bond donors (Lipinski definition) is 3. The summed E-state index contributed by atoms with van der Waals surface area (Å²) in [6.45, 7) is 0. The molecule has 43 heavy (non-hydrogen) atoms. The summed E-state index contributed by atoms with van der Waals surface area (Å²) in [7, 11) is 1.51. The molecule has 224 valence electrons. The van der Waals surface area contributed by atoms with Crippen LogP contribution in [0.2, 0.25) is 0 Å². The molecule has 10 nitrogen and oxygen atoms in total. The van der Waals surface area contributed by atoms with Crippen LogP contribution in [-0.4, -0.2) is 42.2 Å². The topological polar surface area (TPSA) is 114 Å². The average molecular weight is 605 g/mol. The fourth-order valence-electron chi connectivity index (χ4n) is 3.35. The number of anilines is 4. The third kappa shape index (κ3) is 10.1. The maximum Gasteiger partial charge on any atom is 0.573 e. The lowest BCUT2D eigenvalue weighted by molar-refractivity contribution is -0.275. The number of rotatable bonds is 11. The van der Waals surface area contributed by atoms with E-state index in [0.29, 0.717) is 28.4 Å². The van der Waals surface area contributed by atoms with E-state index in [4.69, 9.17) is 4.74 Å². The van der Waals surface area contributed by atoms with Crippen LogP contribution in [0.25, 0.3) is 0 Å². The zero-order chi connectivity index (χ0) is 30.9. The second-order valence-corrected chi connectivity index (χ2v) is 8.26. The van der Waals surface area contributed by atoms with Gasteiger partial charge in [0.1, 0.15) is 23.1 Å². The van der Waals surface area contributed by atoms with Crippen LogP contribution in [0.1, 0.15) is 11.1 Å². The number of hydrogen-bond acceptors (Lipinski definition) is 10. The van der Waals surface area contributed by atoms with E-state index in [1.807, 2.05) is 0 Å². The third-order valence-electron chi connectivity index (χ3n) is 5.09. The molecule has 16 heteroatoms. The van der Waals surface area contributed by atoms with Gasteiger partial charge in [0.05, 0.1) is 25.2 Å². The van der Waals surface area contributed by atoms with Gasteiger partial charge in [-0.2, -0.15) is 20.2 Å². The maximum atomic E-state index is 12.4. The molecule has 0 spiro atoms. The Kier molecular flexibility index (Phi) is 9.49. The molecule has 0 saturated carbocycles. The van der Waals surface area contributed by atoms with Crippen molar-refractivity contribution in [1.82, 2.24) is 9.97 Å². The van der Waals surface area contributed by atoms with Gasteiger partial charge in [-0.05, 0) is 71.8 Å². The summed E-state index contributed by atoms with van der Waals surface area (Å²) in [5.74, 6) is 0.307. The van der Waals surface area contributed by atoms with Crippen LogP contribution in [0.3, 0.4) is 0 Å². The molecule has 0 atom stereocenters. The number of para-hydroxylation sites is 2. The number of benzene rings is 3. The maximum absolute atomic E-state index is 12.4. The SMILES string of the molecule is COc1ccccc1Nc1cc(NN=Cc2ccc(OC(F)(F)F)cc2)nc(NN=Cc2ccc(OC(F)(F)F)cc2)n1. The first-order valence-electron chi connectivity index (χ1n) is 12.0. The minimum absolute atomic E-state index is 0.0134. The summed E-state index contributed by atoms with van der Waals surface area (Å²) in [4.78, 5) is 8.62. The van der Waals surface area contributed by atoms with E-state index in [2.05, 4.69) is 45.8 Å². The highest BCUT2D eigenvalue weighted by Gasteiger charge is 2.31. The second-order valence-electron chi connectivity index (χ2n) is 8.26. The largest absolute Gasteiger partial charge is 0.573 e. The second kappa shape index (κ2) is 13.4. The van der Waals surface area contributed by atoms with Gasteiger partial charge in [-0.25, -0.2) is 5.43 Å². The van der Waals surface area contributed by atoms with Gasteiger partial charge in [-0.3, -0.25) is 5.43 Å². The number of halogens is 6. The van der Waals surface area contributed by atoms with E-state index < -0.39 is 12.7 Å². The van der Waals surface area contributed by atoms with Crippen molar-refractivity contribution in [3.63, 3.8) is 0 Å². The van der Waals surface area contributed by atoms with Crippen molar-refractivity contribution in [1.29, 1.82) is 0 Å². The molecule has 4 rings (SSSR count). The number of nitrogens with one attached hydrogen (secondary N) is 3. The third-order valence-corrected chi connectivity index (χ3v) is 5.09. The summed E-state index contributed by atoms with van der Waals surface area (Å²) in [5, 5.41) is 11.2. The number of hydrazone groups is 2. The van der Waals surface area contributed by atoms with Crippen LogP contribution in [0.5, 0.6) is 17.2 Å². The number of methoxy groups -OCH3 is 1. The summed E-state index contributed by atoms with van der Waals surface area (Å²) in [5.41, 5.74) is 6.87. The molecule has 0 radical (unpaired) electrons. The minimum atomic E-state index is -4.80. The highest BCUT2D eigenvalue weighted by atomic mass is 19.4. The molecule has 4 aromatic rings. The van der Waals surface area contributed by atoms with E-state index in [1.54, 1.807) is 24.3 Å². The molecule has 3 aromatic carbocycles. The standard InChI is InChI=1S/C27H21F6N7O3/c1-41-22-5-3-2-4-21(22)36-23-14-24(39-34-15-17-6-10-19(11-7-17)42-26(28,29)30)38-25(37-23)40-35-16-18-8-12-20(13-9-18)43-27(31,32)33/h2-16H,1H3,(H3,36,37,38,39,40). The summed E-state index contributed by atoms with van der Waals surface area (Å²) < 4.78 is 87.3. The number of alkyl halides is 6. The zero-order valence-electron chi connectivity index (χ0n) is 21.9. The van der Waals surface area contributed by atoms with E-state index >= 15 is 0 Å². The average Bonchev–Trinajstić information content (AvgIpc) is 2.94. The lowest BCUT2D eigenvalue weighted by Crippen LogP contribution is -2.17. The summed E-state index contributed by atoms with van der Waals surface area (Å²) in [6, 6.07) is 18.7. The van der Waals surface area contributed by atoms with Crippen LogP contribution in [0, 0.1) is 0 Å². The quantitative estimate of drug-likeness (QED) is 0.0960. The molecule has 3 N–H and O–H groups in total. The Balaban J connectivity index is 1.49. The van der Waals surface area contributed by atoms with Gasteiger partial charge in [0.2, 0.25) is 5.95 Å². The zero-order valence-corrected chi connectivity index (χ0v) is 21.9. The molecule has 1 heterocycles. The summed E-state index contributed by atoms with van der Waals surface area (Å²) >= 11 is 0. The Labute approximate surface area is 240 Å². The Hall–Kier alpha value is -5.54. The lowest BCUT2D eigenvalue weighted by Gasteiger charge is -2.12. The highest BCUT2D eigenvalue weighted by molar-refractivity contribution is 5.81. The van der Waals surface area contributed by atoms with E-state index in [1.165, 1.54) is 49.9 Å². The monoisotopic (exact) mass is 605 g/mol. The van der Waals surface area contributed by atoms with Crippen LogP contribution < -0.4 is 30.4 Å². The number of ether oxygens (including phenoxy) is 3. The molecular weight excluding hydrogens is 584 g/mol. The molecule has 0 saturated heterocycles. The molecule has 0 aliphatic rings. The normalized spacial score (nSPS) is 11.9. The fourth-order valence-corrected chi connectivity index (χ4v) is 3.35. The minimum Gasteiger partial charge on any atom is -0.495 e.